The van der Waals surface area contributed by atoms with Gasteiger partial charge in [0.05, 0.1) is 33.1 Å². The molecule has 59 heavy (non-hydrogen) atoms. The van der Waals surface area contributed by atoms with Crippen molar-refractivity contribution in [2.75, 3.05) is 7.05 Å². The summed E-state index contributed by atoms with van der Waals surface area (Å²) in [6, 6.07) is 53.3. The first kappa shape index (κ1) is 34.4. The fraction of sp³-hybridized carbons (Fsp3) is 0.0566. The maximum absolute atomic E-state index is 6.45. The predicted octanol–water partition coefficient (Wildman–Crippen LogP) is 13.0. The van der Waals surface area contributed by atoms with E-state index >= 15 is 0 Å². The van der Waals surface area contributed by atoms with Crippen molar-refractivity contribution < 1.29 is 4.42 Å². The van der Waals surface area contributed by atoms with Crippen molar-refractivity contribution in [3.05, 3.63) is 182 Å². The minimum atomic E-state index is -0.212. The third-order valence-electron chi connectivity index (χ3n) is 11.6. The van der Waals surface area contributed by atoms with Gasteiger partial charge in [-0.15, -0.1) is 6.42 Å². The average molecular weight is 760 g/mol. The lowest BCUT2D eigenvalue weighted by atomic mass is 9.94. The molecule has 0 aliphatic carbocycles. The molecule has 5 aromatic heterocycles. The second-order valence-electron chi connectivity index (χ2n) is 15.0. The largest absolute Gasteiger partial charge is 0.456 e. The van der Waals surface area contributed by atoms with Crippen LogP contribution in [0, 0.1) is 12.3 Å². The topological polar surface area (TPSA) is 52.0 Å². The molecule has 6 heteroatoms. The normalized spacial score (nSPS) is 12.4. The molecule has 5 heterocycles. The van der Waals surface area contributed by atoms with Crippen LogP contribution in [0.2, 0.25) is 0 Å². The van der Waals surface area contributed by atoms with Crippen LogP contribution in [0.4, 0.5) is 0 Å². The first-order valence-electron chi connectivity index (χ1n) is 19.8. The van der Waals surface area contributed by atoms with Gasteiger partial charge < -0.3 is 18.5 Å². The highest BCUT2D eigenvalue weighted by Gasteiger charge is 2.20. The molecule has 0 amide bonds. The van der Waals surface area contributed by atoms with Gasteiger partial charge in [0.1, 0.15) is 17.2 Å². The van der Waals surface area contributed by atoms with Gasteiger partial charge in [-0.1, -0.05) is 72.7 Å². The molecule has 0 spiro atoms. The van der Waals surface area contributed by atoms with Crippen LogP contribution >= 0.6 is 0 Å². The van der Waals surface area contributed by atoms with Gasteiger partial charge in [0.15, 0.2) is 0 Å². The first-order chi connectivity index (χ1) is 29.1. The number of hydrogen-bond donors (Lipinski definition) is 0. The first-order valence-corrected chi connectivity index (χ1v) is 19.8. The summed E-state index contributed by atoms with van der Waals surface area (Å²) in [5, 5.41) is 4.31. The van der Waals surface area contributed by atoms with Crippen LogP contribution in [-0.4, -0.2) is 31.0 Å². The van der Waals surface area contributed by atoms with Gasteiger partial charge in [-0.05, 0) is 132 Å². The maximum atomic E-state index is 6.45. The van der Waals surface area contributed by atoms with Crippen LogP contribution in [0.5, 0.6) is 0 Å². The summed E-state index contributed by atoms with van der Waals surface area (Å²) in [4.78, 5) is 11.8. The van der Waals surface area contributed by atoms with E-state index in [-0.39, 0.29) is 6.04 Å². The Balaban J connectivity index is 1.04. The van der Waals surface area contributed by atoms with E-state index < -0.39 is 0 Å². The van der Waals surface area contributed by atoms with E-state index in [0.29, 0.717) is 0 Å². The van der Waals surface area contributed by atoms with E-state index in [4.69, 9.17) is 20.8 Å². The second kappa shape index (κ2) is 13.7. The highest BCUT2D eigenvalue weighted by molar-refractivity contribution is 6.12. The van der Waals surface area contributed by atoms with Crippen LogP contribution in [0.1, 0.15) is 18.5 Å². The predicted molar refractivity (Wildman–Crippen MR) is 243 cm³/mol. The number of terminal acetylenes is 1. The van der Waals surface area contributed by atoms with E-state index in [1.807, 2.05) is 56.8 Å². The van der Waals surface area contributed by atoms with E-state index in [1.165, 1.54) is 0 Å². The highest BCUT2D eigenvalue weighted by Crippen LogP contribution is 2.40. The number of rotatable bonds is 7. The van der Waals surface area contributed by atoms with Gasteiger partial charge in [0, 0.05) is 52.4 Å². The number of nitrogens with zero attached hydrogens (tertiary/aromatic N) is 5. The SMILES string of the molecule is C#CC(c1ccccc1-c1ccc2c(c1)c1ncccc1n2-c1ccc2oc3ccc(-c4ccc5c(c4)c4ncccc4n5-c4ccccc4)cc3c2c1)N(C)/C=C\C. The Bertz CT molecular complexity index is 3510. The molecule has 0 radical (unpaired) electrons. The Morgan fingerprint density at radius 3 is 1.85 bits per heavy atom. The second-order valence-corrected chi connectivity index (χ2v) is 15.0. The lowest BCUT2D eigenvalue weighted by Gasteiger charge is -2.25. The monoisotopic (exact) mass is 759 g/mol. The smallest absolute Gasteiger partial charge is 0.135 e. The quantitative estimate of drug-likeness (QED) is 0.152. The molecule has 6 aromatic carbocycles. The van der Waals surface area contributed by atoms with Gasteiger partial charge >= 0.3 is 0 Å². The summed E-state index contributed by atoms with van der Waals surface area (Å²) in [5.74, 6) is 3.01. The van der Waals surface area contributed by atoms with E-state index in [2.05, 4.69) is 153 Å². The summed E-state index contributed by atoms with van der Waals surface area (Å²) in [6.07, 6.45) is 13.9. The zero-order valence-electron chi connectivity index (χ0n) is 32.5. The maximum Gasteiger partial charge on any atom is 0.135 e. The summed E-state index contributed by atoms with van der Waals surface area (Å²) in [7, 11) is 2.02. The number of fused-ring (bicyclic) bond motifs is 9. The van der Waals surface area contributed by atoms with Gasteiger partial charge in [-0.25, -0.2) is 0 Å². The molecule has 280 valence electrons. The molecule has 0 bridgehead atoms. The number of pyridine rings is 2. The van der Waals surface area contributed by atoms with E-state index in [9.17, 15) is 0 Å². The minimum absolute atomic E-state index is 0.212. The molecule has 1 atom stereocenters. The molecule has 0 N–H and O–H groups in total. The Hall–Kier alpha value is -7.88. The molecule has 11 rings (SSSR count). The summed E-state index contributed by atoms with van der Waals surface area (Å²) in [6.45, 7) is 2.00. The molecular formula is C53H37N5O. The zero-order chi connectivity index (χ0) is 39.6. The van der Waals surface area contributed by atoms with E-state index in [1.54, 1.807) is 0 Å². The van der Waals surface area contributed by atoms with E-state index in [0.717, 1.165) is 105 Å². The van der Waals surface area contributed by atoms with Crippen molar-refractivity contribution in [2.45, 2.75) is 13.0 Å². The summed E-state index contributed by atoms with van der Waals surface area (Å²) < 4.78 is 11.1. The van der Waals surface area contributed by atoms with Crippen LogP contribution in [0.3, 0.4) is 0 Å². The number of benzene rings is 6. The fourth-order valence-corrected chi connectivity index (χ4v) is 8.98. The van der Waals surface area contributed by atoms with Crippen molar-refractivity contribution in [3.63, 3.8) is 0 Å². The standard InChI is InChI=1S/C53H37N5O/c1-4-29-56(3)45(5-2)40-16-10-9-15-39(40)36-20-24-47-44(32-36)53-49(18-12-28-55-53)58(47)38-22-26-51-42(33-38)41-30-35(21-25-50(41)59-51)34-19-23-46-43(31-34)52-48(17-11-27-54-52)57(46)37-13-7-6-8-14-37/h2,4,6-33,45H,1,3H3/b29-4-. The Morgan fingerprint density at radius 1 is 0.576 bits per heavy atom. The Labute approximate surface area is 340 Å². The summed E-state index contributed by atoms with van der Waals surface area (Å²) >= 11 is 0. The van der Waals surface area contributed by atoms with Gasteiger partial charge in [0.25, 0.3) is 0 Å². The minimum Gasteiger partial charge on any atom is -0.456 e. The van der Waals surface area contributed by atoms with Crippen LogP contribution in [-0.2, 0) is 0 Å². The van der Waals surface area contributed by atoms with Gasteiger partial charge in [0.2, 0.25) is 0 Å². The number of para-hydroxylation sites is 1. The number of allylic oxidation sites excluding steroid dienone is 1. The zero-order valence-corrected chi connectivity index (χ0v) is 32.5. The van der Waals surface area contributed by atoms with Crippen molar-refractivity contribution in [2.24, 2.45) is 0 Å². The number of furan rings is 1. The molecule has 1 unspecified atom stereocenters. The summed E-state index contributed by atoms with van der Waals surface area (Å²) in [5.41, 5.74) is 15.6. The fourth-order valence-electron chi connectivity index (χ4n) is 8.98. The van der Waals surface area contributed by atoms with Crippen LogP contribution in [0.15, 0.2) is 181 Å². The highest BCUT2D eigenvalue weighted by atomic mass is 16.3. The van der Waals surface area contributed by atoms with Crippen molar-refractivity contribution >= 4 is 65.8 Å². The molecule has 0 saturated carbocycles. The Kier molecular flexibility index (Phi) is 7.95. The molecule has 6 nitrogen and oxygen atoms in total. The third-order valence-corrected chi connectivity index (χ3v) is 11.6. The van der Waals surface area contributed by atoms with Crippen molar-refractivity contribution in [3.8, 4) is 46.0 Å². The van der Waals surface area contributed by atoms with Crippen molar-refractivity contribution in [1.82, 2.24) is 24.0 Å². The van der Waals surface area contributed by atoms with Gasteiger partial charge in [-0.3, -0.25) is 9.97 Å². The number of aromatic nitrogens is 4. The van der Waals surface area contributed by atoms with Crippen LogP contribution in [0.25, 0.3) is 99.4 Å². The third kappa shape index (κ3) is 5.44. The average Bonchev–Trinajstić information content (AvgIpc) is 3.94. The molecule has 11 aromatic rings. The lowest BCUT2D eigenvalue weighted by Crippen LogP contribution is -2.18. The Morgan fingerprint density at radius 2 is 1.15 bits per heavy atom. The number of hydrogen-bond acceptors (Lipinski definition) is 4. The van der Waals surface area contributed by atoms with Crippen molar-refractivity contribution in [1.29, 1.82) is 0 Å². The van der Waals surface area contributed by atoms with Gasteiger partial charge in [-0.2, -0.15) is 0 Å². The van der Waals surface area contributed by atoms with Crippen LogP contribution < -0.4 is 0 Å². The molecule has 0 fully saturated rings. The molecule has 0 saturated heterocycles. The molecule has 0 aliphatic rings. The molecular weight excluding hydrogens is 723 g/mol. The molecule has 0 aliphatic heterocycles. The lowest BCUT2D eigenvalue weighted by molar-refractivity contribution is 0.405.